The summed E-state index contributed by atoms with van der Waals surface area (Å²) in [5, 5.41) is 3.98. The quantitative estimate of drug-likeness (QED) is 0.659. The van der Waals surface area contributed by atoms with Crippen molar-refractivity contribution in [1.82, 2.24) is 9.78 Å². The van der Waals surface area contributed by atoms with Gasteiger partial charge in [0, 0.05) is 19.7 Å². The number of ketones is 1. The Balaban J connectivity index is 1.88. The van der Waals surface area contributed by atoms with Gasteiger partial charge in [-0.25, -0.2) is 0 Å². The van der Waals surface area contributed by atoms with Crippen LogP contribution in [0.25, 0.3) is 0 Å². The molecule has 1 aromatic heterocycles. The zero-order valence-electron chi connectivity index (χ0n) is 7.86. The lowest BCUT2D eigenvalue weighted by Crippen LogP contribution is -1.97. The molecule has 0 bridgehead atoms. The minimum atomic E-state index is 0.236. The van der Waals surface area contributed by atoms with E-state index >= 15 is 0 Å². The summed E-state index contributed by atoms with van der Waals surface area (Å²) >= 11 is 0. The van der Waals surface area contributed by atoms with Gasteiger partial charge < -0.3 is 0 Å². The van der Waals surface area contributed by atoms with Gasteiger partial charge in [0.2, 0.25) is 0 Å². The first kappa shape index (κ1) is 8.48. The van der Waals surface area contributed by atoms with E-state index in [2.05, 4.69) is 5.10 Å². The second-order valence-electron chi connectivity index (χ2n) is 3.81. The van der Waals surface area contributed by atoms with Crippen molar-refractivity contribution in [2.45, 2.75) is 25.7 Å². The third-order valence-corrected chi connectivity index (χ3v) is 2.50. The van der Waals surface area contributed by atoms with Crippen LogP contribution in [0, 0.1) is 5.92 Å². The molecular formula is C10H14N2O. The van der Waals surface area contributed by atoms with Gasteiger partial charge >= 0.3 is 0 Å². The molecule has 1 aliphatic rings. The van der Waals surface area contributed by atoms with Crippen molar-refractivity contribution >= 4 is 5.78 Å². The van der Waals surface area contributed by atoms with E-state index in [0.717, 1.165) is 17.9 Å². The van der Waals surface area contributed by atoms with E-state index in [9.17, 15) is 4.79 Å². The number of carbonyl (C=O) groups excluding carboxylic acids is 1. The SMILES string of the molecule is Cn1cc(C(=O)CCC2CC2)cn1. The van der Waals surface area contributed by atoms with Crippen LogP contribution in [0.15, 0.2) is 12.4 Å². The minimum absolute atomic E-state index is 0.236. The lowest BCUT2D eigenvalue weighted by atomic mass is 10.1. The first-order chi connectivity index (χ1) is 6.25. The molecule has 1 fully saturated rings. The van der Waals surface area contributed by atoms with Gasteiger partial charge in [-0.15, -0.1) is 0 Å². The Hall–Kier alpha value is -1.12. The van der Waals surface area contributed by atoms with Gasteiger partial charge in [-0.3, -0.25) is 9.48 Å². The van der Waals surface area contributed by atoms with Gasteiger partial charge in [0.25, 0.3) is 0 Å². The maximum absolute atomic E-state index is 11.5. The summed E-state index contributed by atoms with van der Waals surface area (Å²) in [4.78, 5) is 11.5. The van der Waals surface area contributed by atoms with E-state index in [0.29, 0.717) is 6.42 Å². The summed E-state index contributed by atoms with van der Waals surface area (Å²) in [5.74, 6) is 1.07. The molecule has 1 heterocycles. The number of aryl methyl sites for hydroxylation is 1. The van der Waals surface area contributed by atoms with Gasteiger partial charge in [-0.1, -0.05) is 12.8 Å². The number of nitrogens with zero attached hydrogens (tertiary/aromatic N) is 2. The Labute approximate surface area is 77.7 Å². The third-order valence-electron chi connectivity index (χ3n) is 2.50. The summed E-state index contributed by atoms with van der Waals surface area (Å²) in [6, 6.07) is 0. The number of hydrogen-bond donors (Lipinski definition) is 0. The Morgan fingerprint density at radius 3 is 3.00 bits per heavy atom. The molecule has 2 rings (SSSR count). The Kier molecular flexibility index (Phi) is 2.17. The molecule has 0 unspecified atom stereocenters. The number of Topliss-reactive ketones (excluding diaryl/α,β-unsaturated/α-hetero) is 1. The zero-order valence-corrected chi connectivity index (χ0v) is 7.86. The topological polar surface area (TPSA) is 34.9 Å². The number of carbonyl (C=O) groups is 1. The van der Waals surface area contributed by atoms with Crippen molar-refractivity contribution in [2.75, 3.05) is 0 Å². The highest BCUT2D eigenvalue weighted by Gasteiger charge is 2.22. The molecule has 1 aromatic rings. The van der Waals surface area contributed by atoms with Crippen LogP contribution in [-0.4, -0.2) is 15.6 Å². The van der Waals surface area contributed by atoms with Gasteiger partial charge in [0.1, 0.15) is 0 Å². The van der Waals surface area contributed by atoms with Crippen LogP contribution in [-0.2, 0) is 7.05 Å². The van der Waals surface area contributed by atoms with E-state index in [1.54, 1.807) is 17.1 Å². The standard InChI is InChI=1S/C10H14N2O/c1-12-7-9(6-11-12)10(13)5-4-8-2-3-8/h6-8H,2-5H2,1H3. The fourth-order valence-corrected chi connectivity index (χ4v) is 1.45. The highest BCUT2D eigenvalue weighted by atomic mass is 16.1. The van der Waals surface area contributed by atoms with Crippen molar-refractivity contribution in [1.29, 1.82) is 0 Å². The van der Waals surface area contributed by atoms with Crippen LogP contribution in [0.4, 0.5) is 0 Å². The third kappa shape index (κ3) is 2.17. The van der Waals surface area contributed by atoms with Crippen LogP contribution >= 0.6 is 0 Å². The zero-order chi connectivity index (χ0) is 9.26. The molecule has 1 saturated carbocycles. The van der Waals surface area contributed by atoms with E-state index in [4.69, 9.17) is 0 Å². The van der Waals surface area contributed by atoms with Crippen molar-refractivity contribution in [3.8, 4) is 0 Å². The van der Waals surface area contributed by atoms with E-state index < -0.39 is 0 Å². The molecule has 1 aliphatic carbocycles. The Morgan fingerprint density at radius 2 is 2.46 bits per heavy atom. The lowest BCUT2D eigenvalue weighted by molar-refractivity contribution is 0.0978. The molecule has 0 N–H and O–H groups in total. The first-order valence-corrected chi connectivity index (χ1v) is 4.77. The lowest BCUT2D eigenvalue weighted by Gasteiger charge is -1.94. The Bertz CT molecular complexity index is 312. The van der Waals surface area contributed by atoms with E-state index in [1.807, 2.05) is 7.05 Å². The average Bonchev–Trinajstić information content (AvgIpc) is 2.84. The van der Waals surface area contributed by atoms with Crippen LogP contribution in [0.3, 0.4) is 0 Å². The molecular weight excluding hydrogens is 164 g/mol. The van der Waals surface area contributed by atoms with Crippen LogP contribution in [0.5, 0.6) is 0 Å². The van der Waals surface area contributed by atoms with Gasteiger partial charge in [-0.05, 0) is 12.3 Å². The second kappa shape index (κ2) is 3.32. The molecule has 3 heteroatoms. The molecule has 0 spiro atoms. The molecule has 13 heavy (non-hydrogen) atoms. The highest BCUT2D eigenvalue weighted by Crippen LogP contribution is 2.33. The molecule has 0 saturated heterocycles. The van der Waals surface area contributed by atoms with E-state index in [1.165, 1.54) is 12.8 Å². The van der Waals surface area contributed by atoms with Crippen molar-refractivity contribution < 1.29 is 4.79 Å². The normalized spacial score (nSPS) is 16.1. The molecule has 3 nitrogen and oxygen atoms in total. The fraction of sp³-hybridized carbons (Fsp3) is 0.600. The Morgan fingerprint density at radius 1 is 1.69 bits per heavy atom. The predicted molar refractivity (Wildman–Crippen MR) is 49.5 cm³/mol. The van der Waals surface area contributed by atoms with Gasteiger partial charge in [0.15, 0.2) is 5.78 Å². The van der Waals surface area contributed by atoms with Crippen LogP contribution in [0.2, 0.25) is 0 Å². The monoisotopic (exact) mass is 178 g/mol. The van der Waals surface area contributed by atoms with E-state index in [-0.39, 0.29) is 5.78 Å². The van der Waals surface area contributed by atoms with Gasteiger partial charge in [0.05, 0.1) is 11.8 Å². The maximum Gasteiger partial charge on any atom is 0.166 e. The van der Waals surface area contributed by atoms with Gasteiger partial charge in [-0.2, -0.15) is 5.10 Å². The van der Waals surface area contributed by atoms with Crippen LogP contribution in [0.1, 0.15) is 36.0 Å². The number of aromatic nitrogens is 2. The smallest absolute Gasteiger partial charge is 0.166 e. The second-order valence-corrected chi connectivity index (χ2v) is 3.81. The summed E-state index contributed by atoms with van der Waals surface area (Å²) in [7, 11) is 1.83. The minimum Gasteiger partial charge on any atom is -0.294 e. The van der Waals surface area contributed by atoms with Crippen molar-refractivity contribution in [3.63, 3.8) is 0 Å². The van der Waals surface area contributed by atoms with Crippen molar-refractivity contribution in [2.24, 2.45) is 13.0 Å². The molecule has 0 atom stereocenters. The first-order valence-electron chi connectivity index (χ1n) is 4.77. The predicted octanol–water partition coefficient (Wildman–Crippen LogP) is 1.79. The van der Waals surface area contributed by atoms with Crippen molar-refractivity contribution in [3.05, 3.63) is 18.0 Å². The summed E-state index contributed by atoms with van der Waals surface area (Å²) < 4.78 is 1.67. The van der Waals surface area contributed by atoms with Crippen LogP contribution < -0.4 is 0 Å². The maximum atomic E-state index is 11.5. The molecule has 0 radical (unpaired) electrons. The number of hydrogen-bond acceptors (Lipinski definition) is 2. The summed E-state index contributed by atoms with van der Waals surface area (Å²) in [6.45, 7) is 0. The molecule has 70 valence electrons. The highest BCUT2D eigenvalue weighted by molar-refractivity contribution is 5.95. The summed E-state index contributed by atoms with van der Waals surface area (Å²) in [5.41, 5.74) is 0.753. The largest absolute Gasteiger partial charge is 0.294 e. The molecule has 0 aliphatic heterocycles. The molecule has 0 aromatic carbocycles. The molecule has 0 amide bonds. The number of rotatable bonds is 4. The summed E-state index contributed by atoms with van der Waals surface area (Å²) in [6.07, 6.45) is 7.83. The fourth-order valence-electron chi connectivity index (χ4n) is 1.45. The average molecular weight is 178 g/mol.